The van der Waals surface area contributed by atoms with Crippen molar-refractivity contribution < 1.29 is 0 Å². The van der Waals surface area contributed by atoms with Gasteiger partial charge in [0.05, 0.1) is 23.1 Å². The highest BCUT2D eigenvalue weighted by Crippen LogP contribution is 2.31. The van der Waals surface area contributed by atoms with Gasteiger partial charge in [-0.3, -0.25) is 14.0 Å². The fraction of sp³-hybridized carbons (Fsp3) is 0.179. The average molecular weight is 508 g/mol. The zero-order valence-electron chi connectivity index (χ0n) is 20.7. The summed E-state index contributed by atoms with van der Waals surface area (Å²) >= 11 is 1.47. The predicted molar refractivity (Wildman–Crippen MR) is 148 cm³/mol. The van der Waals surface area contributed by atoms with Gasteiger partial charge in [0.2, 0.25) is 0 Å². The fourth-order valence-corrected chi connectivity index (χ4v) is 5.25. The number of hydrogen-bond acceptors (Lipinski definition) is 7. The zero-order chi connectivity index (χ0) is 25.5. The second-order valence-electron chi connectivity index (χ2n) is 9.21. The molecular weight excluding hydrogens is 482 g/mol. The molecular formula is C28H25N7OS. The summed E-state index contributed by atoms with van der Waals surface area (Å²) in [4.78, 5) is 28.2. The van der Waals surface area contributed by atoms with Crippen molar-refractivity contribution in [1.82, 2.24) is 29.3 Å². The van der Waals surface area contributed by atoms with Gasteiger partial charge in [-0.05, 0) is 49.9 Å². The molecule has 2 aromatic carbocycles. The molecule has 0 saturated heterocycles. The quantitative estimate of drug-likeness (QED) is 0.297. The first-order valence-electron chi connectivity index (χ1n) is 12.1. The number of hydrogen-bond donors (Lipinski definition) is 1. The maximum absolute atomic E-state index is 14.3. The Morgan fingerprint density at radius 3 is 2.59 bits per heavy atom. The third kappa shape index (κ3) is 4.07. The van der Waals surface area contributed by atoms with Crippen molar-refractivity contribution in [2.45, 2.75) is 32.9 Å². The molecule has 0 saturated carbocycles. The van der Waals surface area contributed by atoms with Crippen molar-refractivity contribution in [3.05, 3.63) is 94.9 Å². The maximum atomic E-state index is 14.3. The van der Waals surface area contributed by atoms with Crippen LogP contribution in [0.15, 0.2) is 83.6 Å². The summed E-state index contributed by atoms with van der Waals surface area (Å²) in [7, 11) is 0. The molecule has 8 nitrogen and oxygen atoms in total. The molecule has 0 spiro atoms. The minimum absolute atomic E-state index is 0.0817. The number of fused-ring (bicyclic) bond motifs is 2. The number of thiazole rings is 1. The number of para-hydroxylation sites is 1. The highest BCUT2D eigenvalue weighted by Gasteiger charge is 2.20. The van der Waals surface area contributed by atoms with Gasteiger partial charge in [0.25, 0.3) is 5.56 Å². The molecule has 0 aliphatic heterocycles. The minimum Gasteiger partial charge on any atom is -0.360 e. The van der Waals surface area contributed by atoms with E-state index in [9.17, 15) is 4.79 Å². The lowest BCUT2D eigenvalue weighted by molar-refractivity contribution is 0.532. The Balaban J connectivity index is 1.55. The van der Waals surface area contributed by atoms with Crippen LogP contribution >= 0.6 is 11.3 Å². The number of nitrogens with one attached hydrogen (secondary N) is 1. The Morgan fingerprint density at radius 2 is 1.81 bits per heavy atom. The molecule has 0 aliphatic rings. The van der Waals surface area contributed by atoms with E-state index >= 15 is 0 Å². The molecule has 184 valence electrons. The lowest BCUT2D eigenvalue weighted by atomic mass is 9.99. The summed E-state index contributed by atoms with van der Waals surface area (Å²) in [6.45, 7) is 6.19. The minimum atomic E-state index is -0.246. The van der Waals surface area contributed by atoms with Crippen molar-refractivity contribution in [2.24, 2.45) is 0 Å². The molecule has 37 heavy (non-hydrogen) atoms. The average Bonchev–Trinajstić information content (AvgIpc) is 3.59. The molecule has 6 aromatic rings. The Bertz CT molecular complexity index is 1790. The highest BCUT2D eigenvalue weighted by molar-refractivity contribution is 7.16. The van der Waals surface area contributed by atoms with E-state index in [4.69, 9.17) is 0 Å². The molecule has 0 radical (unpaired) electrons. The monoisotopic (exact) mass is 507 g/mol. The SMILES string of the molecule is CC(Nc1ncnc2scnc12)c1cc2cccc(-c3cnn(C(C)C)c3)c2c(=O)n1-c1ccccc1. The van der Waals surface area contributed by atoms with Gasteiger partial charge in [-0.25, -0.2) is 15.0 Å². The van der Waals surface area contributed by atoms with E-state index in [2.05, 4.69) is 45.3 Å². The topological polar surface area (TPSA) is 90.5 Å². The van der Waals surface area contributed by atoms with Crippen molar-refractivity contribution in [3.8, 4) is 16.8 Å². The van der Waals surface area contributed by atoms with Gasteiger partial charge in [-0.1, -0.05) is 36.4 Å². The van der Waals surface area contributed by atoms with Crippen LogP contribution in [0.2, 0.25) is 0 Å². The van der Waals surface area contributed by atoms with Crippen LogP contribution in [-0.2, 0) is 0 Å². The lowest BCUT2D eigenvalue weighted by Gasteiger charge is -2.22. The molecule has 6 rings (SSSR count). The van der Waals surface area contributed by atoms with Gasteiger partial charge in [-0.15, -0.1) is 11.3 Å². The predicted octanol–water partition coefficient (Wildman–Crippen LogP) is 6.01. The Kier molecular flexibility index (Phi) is 5.77. The molecule has 4 aromatic heterocycles. The van der Waals surface area contributed by atoms with E-state index in [0.29, 0.717) is 11.2 Å². The van der Waals surface area contributed by atoms with E-state index in [1.54, 1.807) is 10.1 Å². The van der Waals surface area contributed by atoms with Gasteiger partial charge in [0.1, 0.15) is 16.7 Å². The molecule has 0 amide bonds. The lowest BCUT2D eigenvalue weighted by Crippen LogP contribution is -2.26. The first-order valence-corrected chi connectivity index (χ1v) is 13.0. The standard InChI is InChI=1S/C28H25N7OS/c1-17(2)34-14-20(13-32-34)22-11-7-8-19-12-23(35(28(36)24(19)22)21-9-5-4-6-10-21)18(3)33-26-25-27(30-15-29-26)37-16-31-25/h4-18H,1-3H3,(H,29,30,33). The number of benzene rings is 2. The van der Waals surface area contributed by atoms with E-state index < -0.39 is 0 Å². The summed E-state index contributed by atoms with van der Waals surface area (Å²) in [6, 6.07) is 17.8. The molecule has 9 heteroatoms. The second kappa shape index (κ2) is 9.25. The molecule has 0 bridgehead atoms. The molecule has 0 aliphatic carbocycles. The van der Waals surface area contributed by atoms with Crippen LogP contribution in [0.5, 0.6) is 0 Å². The molecule has 1 unspecified atom stereocenters. The van der Waals surface area contributed by atoms with Crippen LogP contribution in [0.4, 0.5) is 5.82 Å². The van der Waals surface area contributed by atoms with Gasteiger partial charge >= 0.3 is 0 Å². The second-order valence-corrected chi connectivity index (χ2v) is 10.0. The number of anilines is 1. The number of pyridine rings is 1. The fourth-order valence-electron chi connectivity index (χ4n) is 4.62. The van der Waals surface area contributed by atoms with Crippen molar-refractivity contribution in [2.75, 3.05) is 5.32 Å². The highest BCUT2D eigenvalue weighted by atomic mass is 32.1. The summed E-state index contributed by atoms with van der Waals surface area (Å²) < 4.78 is 3.70. The van der Waals surface area contributed by atoms with Gasteiger partial charge in [0.15, 0.2) is 5.82 Å². The number of aromatic nitrogens is 6. The Labute approximate surface area is 217 Å². The third-order valence-electron chi connectivity index (χ3n) is 6.46. The first-order chi connectivity index (χ1) is 18.0. The van der Waals surface area contributed by atoms with Gasteiger partial charge in [-0.2, -0.15) is 5.10 Å². The van der Waals surface area contributed by atoms with Crippen LogP contribution in [0.25, 0.3) is 37.9 Å². The van der Waals surface area contributed by atoms with Crippen LogP contribution in [-0.4, -0.2) is 29.3 Å². The number of rotatable bonds is 6. The van der Waals surface area contributed by atoms with E-state index in [1.165, 1.54) is 17.7 Å². The van der Waals surface area contributed by atoms with Crippen molar-refractivity contribution >= 4 is 38.3 Å². The summed E-state index contributed by atoms with van der Waals surface area (Å²) in [5.41, 5.74) is 5.80. The van der Waals surface area contributed by atoms with Crippen LogP contribution in [0.1, 0.15) is 38.5 Å². The Hall–Kier alpha value is -4.37. The summed E-state index contributed by atoms with van der Waals surface area (Å²) in [6.07, 6.45) is 5.36. The maximum Gasteiger partial charge on any atom is 0.263 e. The number of nitrogens with zero attached hydrogens (tertiary/aromatic N) is 6. The molecule has 1 atom stereocenters. The third-order valence-corrected chi connectivity index (χ3v) is 7.20. The van der Waals surface area contributed by atoms with Crippen LogP contribution < -0.4 is 10.9 Å². The van der Waals surface area contributed by atoms with Crippen LogP contribution in [0, 0.1) is 0 Å². The smallest absolute Gasteiger partial charge is 0.263 e. The summed E-state index contributed by atoms with van der Waals surface area (Å²) in [5, 5.41) is 9.51. The van der Waals surface area contributed by atoms with E-state index in [-0.39, 0.29) is 17.6 Å². The van der Waals surface area contributed by atoms with Crippen LogP contribution in [0.3, 0.4) is 0 Å². The molecule has 0 fully saturated rings. The van der Waals surface area contributed by atoms with Crippen molar-refractivity contribution in [3.63, 3.8) is 0 Å². The molecule has 1 N–H and O–H groups in total. The van der Waals surface area contributed by atoms with Gasteiger partial charge in [0, 0.05) is 29.2 Å². The summed E-state index contributed by atoms with van der Waals surface area (Å²) in [5.74, 6) is 0.640. The largest absolute Gasteiger partial charge is 0.360 e. The molecule has 4 heterocycles. The Morgan fingerprint density at radius 1 is 0.973 bits per heavy atom. The van der Waals surface area contributed by atoms with E-state index in [0.717, 1.165) is 38.2 Å². The van der Waals surface area contributed by atoms with E-state index in [1.807, 2.05) is 72.5 Å². The van der Waals surface area contributed by atoms with Crippen molar-refractivity contribution in [1.29, 1.82) is 0 Å². The van der Waals surface area contributed by atoms with Gasteiger partial charge < -0.3 is 5.32 Å². The normalized spacial score (nSPS) is 12.4. The first kappa shape index (κ1) is 23.1. The zero-order valence-corrected chi connectivity index (χ0v) is 21.5.